The van der Waals surface area contributed by atoms with Crippen LogP contribution in [0.1, 0.15) is 126 Å². The molecule has 1 aromatic heterocycles. The van der Waals surface area contributed by atoms with Gasteiger partial charge >= 0.3 is 17.9 Å². The molecule has 3 fully saturated rings. The van der Waals surface area contributed by atoms with Gasteiger partial charge in [0, 0.05) is 124 Å². The Bertz CT molecular complexity index is 1780. The summed E-state index contributed by atoms with van der Waals surface area (Å²) in [4.78, 5) is 140. The molecule has 0 aliphatic carbocycles. The number of nitrogens with zero attached hydrogens (tertiary/aromatic N) is 4. The molecule has 27 heteroatoms. The van der Waals surface area contributed by atoms with Gasteiger partial charge in [0.2, 0.25) is 0 Å². The first kappa shape index (κ1) is 71.7. The second-order valence-electron chi connectivity index (χ2n) is 16.0. The minimum atomic E-state index is -0.685. The van der Waals surface area contributed by atoms with E-state index >= 15 is 0 Å². The minimum absolute atomic E-state index is 0. The molecule has 3 saturated heterocycles. The number of carbonyl (C=O) groups excluding carboxylic acids is 11. The van der Waals surface area contributed by atoms with Crippen LogP contribution >= 0.6 is 56.7 Å². The van der Waals surface area contributed by atoms with Crippen molar-refractivity contribution in [2.75, 3.05) is 0 Å². The van der Waals surface area contributed by atoms with Gasteiger partial charge in [-0.3, -0.25) is 41.3 Å². The zero-order valence-electron chi connectivity index (χ0n) is 38.7. The normalized spacial score (nSPS) is 15.2. The van der Waals surface area contributed by atoms with Crippen LogP contribution in [0.2, 0.25) is 0 Å². The molecule has 0 bridgehead atoms. The summed E-state index contributed by atoms with van der Waals surface area (Å²) >= 11 is 8.17. The van der Waals surface area contributed by atoms with Crippen LogP contribution in [0.25, 0.3) is 12.3 Å². The summed E-state index contributed by atoms with van der Waals surface area (Å²) in [5.74, 6) is -5.74. The van der Waals surface area contributed by atoms with Gasteiger partial charge in [0.1, 0.15) is 5.03 Å². The molecule has 2 radical (unpaired) electrons. The first-order valence-corrected chi connectivity index (χ1v) is 24.0. The molecule has 67 heavy (non-hydrogen) atoms. The van der Waals surface area contributed by atoms with E-state index in [1.54, 1.807) is 61.8 Å². The SMILES string of the molecule is CC(C)(CC(=O)ON1C(=O)CCC1=O)SS.CC(C)(CC[C-]=O)SSc1ccccn1.CC(C)(S)CC(=O)ON1C(=O)CCC1=O.CC([C-]=O)CC(C)C(=O)ON1C(=O)CCC1=O.[NH2-].[NH2-].[Y].[Y]. The molecule has 0 saturated carbocycles. The summed E-state index contributed by atoms with van der Waals surface area (Å²) in [7, 11) is 4.62. The average Bonchev–Trinajstić information content (AvgIpc) is 3.82. The summed E-state index contributed by atoms with van der Waals surface area (Å²) in [5.41, 5.74) is 0. The topological polar surface area (TPSA) is 305 Å². The summed E-state index contributed by atoms with van der Waals surface area (Å²) in [6, 6.07) is 5.86. The van der Waals surface area contributed by atoms with E-state index in [0.29, 0.717) is 21.6 Å². The number of pyridine rings is 1. The number of nitrogens with two attached hydrogens (primary N) is 2. The molecule has 2 atom stereocenters. The molecule has 6 amide bonds. The number of hydrogen-bond acceptors (Lipinski definition) is 20. The van der Waals surface area contributed by atoms with Gasteiger partial charge in [-0.1, -0.05) is 68.2 Å². The fourth-order valence-corrected chi connectivity index (χ4v) is 7.49. The van der Waals surface area contributed by atoms with Crippen LogP contribution in [0.5, 0.6) is 0 Å². The van der Waals surface area contributed by atoms with Crippen molar-refractivity contribution in [3.05, 3.63) is 36.7 Å². The van der Waals surface area contributed by atoms with Crippen molar-refractivity contribution in [2.45, 2.75) is 145 Å². The van der Waals surface area contributed by atoms with Gasteiger partial charge in [0.05, 0.1) is 18.8 Å². The predicted octanol–water partition coefficient (Wildman–Crippen LogP) is 7.32. The molecule has 3 aliphatic heterocycles. The molecule has 4 rings (SSSR count). The maximum Gasteiger partial charge on any atom is 0.335 e. The Hall–Kier alpha value is -1.80. The van der Waals surface area contributed by atoms with Crippen molar-refractivity contribution >= 4 is 123 Å². The fraction of sp³-hybridized carbons (Fsp3) is 0.600. The van der Waals surface area contributed by atoms with Crippen molar-refractivity contribution < 1.29 is 133 Å². The summed E-state index contributed by atoms with van der Waals surface area (Å²) < 4.78 is -0.839. The molecule has 1 aromatic rings. The minimum Gasteiger partial charge on any atom is -0.693 e. The zero-order valence-corrected chi connectivity index (χ0v) is 48.6. The van der Waals surface area contributed by atoms with E-state index in [1.807, 2.05) is 38.3 Å². The van der Waals surface area contributed by atoms with Gasteiger partial charge in [-0.05, 0) is 50.6 Å². The molecule has 0 spiro atoms. The Balaban J connectivity index is -0.000000388. The molecule has 2 unspecified atom stereocenters. The van der Waals surface area contributed by atoms with E-state index < -0.39 is 68.8 Å². The van der Waals surface area contributed by atoms with E-state index in [-0.39, 0.29) is 146 Å². The summed E-state index contributed by atoms with van der Waals surface area (Å²) in [6.07, 6.45) is 7.79. The van der Waals surface area contributed by atoms with Crippen LogP contribution < -0.4 is 0 Å². The molecule has 4 heterocycles. The van der Waals surface area contributed by atoms with E-state index in [0.717, 1.165) is 11.4 Å². The Kier molecular flexibility index (Phi) is 37.8. The third-order valence-corrected chi connectivity index (χ3v) is 13.7. The second-order valence-corrected chi connectivity index (χ2v) is 21.9. The van der Waals surface area contributed by atoms with Crippen molar-refractivity contribution in [2.24, 2.45) is 11.8 Å². The van der Waals surface area contributed by atoms with Gasteiger partial charge < -0.3 is 36.4 Å². The molecule has 20 nitrogen and oxygen atoms in total. The quantitative estimate of drug-likeness (QED) is 0.0629. The maximum absolute atomic E-state index is 11.5. The first-order chi connectivity index (χ1) is 29.2. The van der Waals surface area contributed by atoms with E-state index in [4.69, 9.17) is 9.68 Å². The van der Waals surface area contributed by atoms with Crippen molar-refractivity contribution in [1.29, 1.82) is 0 Å². The summed E-state index contributed by atoms with van der Waals surface area (Å²) in [6.45, 7) is 14.6. The summed E-state index contributed by atoms with van der Waals surface area (Å²) in [5, 5.41) is 2.61. The van der Waals surface area contributed by atoms with E-state index in [1.165, 1.54) is 10.8 Å². The van der Waals surface area contributed by atoms with Crippen molar-refractivity contribution in [3.63, 3.8) is 0 Å². The third-order valence-electron chi connectivity index (χ3n) is 8.11. The Morgan fingerprint density at radius 2 is 1.13 bits per heavy atom. The number of amides is 6. The number of imide groups is 3. The number of carbonyl (C=O) groups is 9. The molecule has 372 valence electrons. The van der Waals surface area contributed by atoms with Gasteiger partial charge in [0.15, 0.2) is 0 Å². The number of hydrogen-bond donors (Lipinski definition) is 2. The maximum atomic E-state index is 11.5. The van der Waals surface area contributed by atoms with Crippen LogP contribution in [-0.2, 0) is 133 Å². The van der Waals surface area contributed by atoms with Gasteiger partial charge in [0.25, 0.3) is 35.4 Å². The first-order valence-electron chi connectivity index (χ1n) is 19.5. The molecule has 3 aliphatic rings. The number of aromatic nitrogens is 1. The average molecular weight is 1190 g/mol. The van der Waals surface area contributed by atoms with Crippen LogP contribution in [-0.4, -0.2) is 100 Å². The number of rotatable bonds is 18. The number of hydroxylamine groups is 6. The van der Waals surface area contributed by atoms with Crippen LogP contribution in [0.15, 0.2) is 29.4 Å². The Morgan fingerprint density at radius 3 is 1.49 bits per heavy atom. The van der Waals surface area contributed by atoms with Crippen LogP contribution in [0.3, 0.4) is 0 Å². The molecular weight excluding hydrogens is 1130 g/mol. The zero-order chi connectivity index (χ0) is 48.1. The van der Waals surface area contributed by atoms with Crippen molar-refractivity contribution in [3.8, 4) is 0 Å². The molecule has 0 aromatic carbocycles. The predicted molar refractivity (Wildman–Crippen MR) is 250 cm³/mol. The largest absolute Gasteiger partial charge is 0.693 e. The number of thiol groups is 2. The van der Waals surface area contributed by atoms with Gasteiger partial charge in [-0.15, -0.1) is 32.8 Å². The van der Waals surface area contributed by atoms with Crippen LogP contribution in [0, 0.1) is 11.8 Å². The van der Waals surface area contributed by atoms with Gasteiger partial charge in [-0.25, -0.2) is 19.4 Å². The van der Waals surface area contributed by atoms with Crippen LogP contribution in [0.4, 0.5) is 0 Å². The second kappa shape index (κ2) is 35.3. The standard InChI is InChI=1S/C11H14NO5.C11H14NOS2.C9H13NO4S2.C9H13NO4S.2H2N.2Y/c1-7(6-13)5-8(2)11(16)17-12-9(14)3-4-10(12)15;1-11(2,7-5-9-13)15-14-10-6-3-4-8-12-10;1-9(2,16-15)5-8(13)14-10-6(11)3-4-7(10)12;1-9(2,15)5-8(13)14-10-6(11)3-4-7(10)12;;;;/h7-8H,3-5H2,1-2H3;3-4,6,8H,5,7H2,1-2H3;15H,3-5H2,1-2H3;15H,3-5H2,1-2H3;2*1H2;;/q2*-1;;;2*-1;;. The monoisotopic (exact) mass is 1180 g/mol. The molecule has 4 N–H and O–H groups in total. The smallest absolute Gasteiger partial charge is 0.335 e. The molecular formula is C40H58N6O14S5Y2-4. The Morgan fingerprint density at radius 1 is 0.716 bits per heavy atom. The fourth-order valence-electron chi connectivity index (χ4n) is 4.78. The van der Waals surface area contributed by atoms with E-state index in [2.05, 4.69) is 48.0 Å². The van der Waals surface area contributed by atoms with Crippen molar-refractivity contribution in [1.82, 2.24) is 20.2 Å². The Labute approximate surface area is 464 Å². The van der Waals surface area contributed by atoms with Gasteiger partial charge in [-0.2, -0.15) is 19.0 Å². The van der Waals surface area contributed by atoms with E-state index in [9.17, 15) is 52.7 Å². The third kappa shape index (κ3) is 29.9.